The van der Waals surface area contributed by atoms with Crippen LogP contribution in [0.5, 0.6) is 0 Å². The van der Waals surface area contributed by atoms with Gasteiger partial charge in [0.25, 0.3) is 0 Å². The maximum absolute atomic E-state index is 12.5. The highest BCUT2D eigenvalue weighted by Gasteiger charge is 2.28. The number of aromatic nitrogens is 1. The van der Waals surface area contributed by atoms with E-state index in [0.29, 0.717) is 6.54 Å². The predicted octanol–water partition coefficient (Wildman–Crippen LogP) is 2.78. The number of ketones is 1. The smallest absolute Gasteiger partial charge is 0.172 e. The number of Topliss-reactive ketones (excluding diaryl/α,β-unsaturated/α-hetero) is 1. The highest BCUT2D eigenvalue weighted by molar-refractivity contribution is 6.03. The summed E-state index contributed by atoms with van der Waals surface area (Å²) >= 11 is 0. The Morgan fingerprint density at radius 1 is 1.28 bits per heavy atom. The monoisotopic (exact) mass is 238 g/mol. The van der Waals surface area contributed by atoms with Crippen LogP contribution in [0.2, 0.25) is 0 Å². The van der Waals surface area contributed by atoms with Gasteiger partial charge in [0, 0.05) is 18.3 Å². The first-order valence-corrected chi connectivity index (χ1v) is 6.04. The number of nitrogens with one attached hydrogen (secondary N) is 1. The van der Waals surface area contributed by atoms with Gasteiger partial charge in [0.2, 0.25) is 0 Å². The number of carbonyl (C=O) groups excluding carboxylic acids is 1. The highest BCUT2D eigenvalue weighted by atomic mass is 16.1. The van der Waals surface area contributed by atoms with E-state index in [1.54, 1.807) is 12.4 Å². The Balaban J connectivity index is 1.93. The molecule has 1 aliphatic rings. The van der Waals surface area contributed by atoms with Crippen LogP contribution in [0.4, 0.5) is 5.69 Å². The van der Waals surface area contributed by atoms with Crippen molar-refractivity contribution >= 4 is 11.5 Å². The Morgan fingerprint density at radius 3 is 2.83 bits per heavy atom. The lowest BCUT2D eigenvalue weighted by Crippen LogP contribution is -2.14. The maximum atomic E-state index is 12.5. The number of hydrogen-bond donors (Lipinski definition) is 1. The van der Waals surface area contributed by atoms with Crippen LogP contribution in [0.1, 0.15) is 27.4 Å². The normalized spacial score (nSPS) is 17.1. The molecule has 1 aromatic carbocycles. The molecule has 1 aromatic heterocycles. The first kappa shape index (κ1) is 11.0. The lowest BCUT2D eigenvalue weighted by Gasteiger charge is -2.09. The molecule has 0 aliphatic carbocycles. The standard InChI is InChI=1S/C15H14N2O/c1-10-2-4-11(5-3-10)15(18)13-8-17-14-9-16-7-6-12(13)14/h2-7,9,13,17H,8H2,1H3. The molecule has 18 heavy (non-hydrogen) atoms. The summed E-state index contributed by atoms with van der Waals surface area (Å²) in [5.74, 6) is 0.0816. The number of benzene rings is 1. The summed E-state index contributed by atoms with van der Waals surface area (Å²) < 4.78 is 0. The SMILES string of the molecule is Cc1ccc(C(=O)C2CNc3cnccc32)cc1. The molecule has 3 heteroatoms. The Hall–Kier alpha value is -2.16. The molecule has 3 rings (SSSR count). The van der Waals surface area contributed by atoms with Gasteiger partial charge < -0.3 is 5.32 Å². The van der Waals surface area contributed by atoms with Crippen molar-refractivity contribution in [3.63, 3.8) is 0 Å². The van der Waals surface area contributed by atoms with Crippen molar-refractivity contribution < 1.29 is 4.79 Å². The van der Waals surface area contributed by atoms with E-state index in [9.17, 15) is 4.79 Å². The molecule has 0 fully saturated rings. The Kier molecular flexibility index (Phi) is 2.59. The summed E-state index contributed by atoms with van der Waals surface area (Å²) in [7, 11) is 0. The van der Waals surface area contributed by atoms with Gasteiger partial charge in [-0.1, -0.05) is 29.8 Å². The fourth-order valence-corrected chi connectivity index (χ4v) is 2.33. The van der Waals surface area contributed by atoms with E-state index in [0.717, 1.165) is 16.8 Å². The lowest BCUT2D eigenvalue weighted by atomic mass is 9.93. The quantitative estimate of drug-likeness (QED) is 0.818. The highest BCUT2D eigenvalue weighted by Crippen LogP contribution is 2.32. The molecule has 0 saturated carbocycles. The van der Waals surface area contributed by atoms with E-state index < -0.39 is 0 Å². The van der Waals surface area contributed by atoms with Crippen LogP contribution in [-0.2, 0) is 0 Å². The summed E-state index contributed by atoms with van der Waals surface area (Å²) in [6.45, 7) is 2.68. The van der Waals surface area contributed by atoms with Crippen LogP contribution >= 0.6 is 0 Å². The van der Waals surface area contributed by atoms with Gasteiger partial charge >= 0.3 is 0 Å². The second-order valence-electron chi connectivity index (χ2n) is 4.63. The van der Waals surface area contributed by atoms with Crippen molar-refractivity contribution in [1.82, 2.24) is 4.98 Å². The van der Waals surface area contributed by atoms with Gasteiger partial charge in [-0.05, 0) is 18.6 Å². The summed E-state index contributed by atoms with van der Waals surface area (Å²) in [5.41, 5.74) is 3.97. The molecule has 2 heterocycles. The molecule has 90 valence electrons. The van der Waals surface area contributed by atoms with Gasteiger partial charge in [-0.15, -0.1) is 0 Å². The van der Waals surface area contributed by atoms with E-state index in [1.165, 1.54) is 5.56 Å². The van der Waals surface area contributed by atoms with E-state index in [-0.39, 0.29) is 11.7 Å². The Labute approximate surface area is 106 Å². The first-order chi connectivity index (χ1) is 8.75. The van der Waals surface area contributed by atoms with Crippen molar-refractivity contribution in [1.29, 1.82) is 0 Å². The van der Waals surface area contributed by atoms with Gasteiger partial charge in [0.15, 0.2) is 5.78 Å². The predicted molar refractivity (Wildman–Crippen MR) is 71.0 cm³/mol. The molecule has 0 amide bonds. The topological polar surface area (TPSA) is 42.0 Å². The van der Waals surface area contributed by atoms with Crippen molar-refractivity contribution in [2.75, 3.05) is 11.9 Å². The van der Waals surface area contributed by atoms with Crippen molar-refractivity contribution in [2.45, 2.75) is 12.8 Å². The van der Waals surface area contributed by atoms with Crippen molar-refractivity contribution in [2.24, 2.45) is 0 Å². The van der Waals surface area contributed by atoms with Crippen LogP contribution in [0, 0.1) is 6.92 Å². The molecule has 1 unspecified atom stereocenters. The van der Waals surface area contributed by atoms with Gasteiger partial charge in [-0.25, -0.2) is 0 Å². The molecule has 1 atom stereocenters. The summed E-state index contributed by atoms with van der Waals surface area (Å²) in [6.07, 6.45) is 3.51. The van der Waals surface area contributed by atoms with E-state index >= 15 is 0 Å². The second-order valence-corrected chi connectivity index (χ2v) is 4.63. The fraction of sp³-hybridized carbons (Fsp3) is 0.200. The fourth-order valence-electron chi connectivity index (χ4n) is 2.33. The van der Waals surface area contributed by atoms with Crippen molar-refractivity contribution in [3.05, 3.63) is 59.4 Å². The molecule has 0 radical (unpaired) electrons. The molecular weight excluding hydrogens is 224 g/mol. The largest absolute Gasteiger partial charge is 0.382 e. The van der Waals surface area contributed by atoms with Crippen LogP contribution in [0.25, 0.3) is 0 Å². The Bertz CT molecular complexity index is 590. The first-order valence-electron chi connectivity index (χ1n) is 6.04. The maximum Gasteiger partial charge on any atom is 0.172 e. The minimum absolute atomic E-state index is 0.0919. The third-order valence-electron chi connectivity index (χ3n) is 3.38. The number of fused-ring (bicyclic) bond motifs is 1. The number of hydrogen-bond acceptors (Lipinski definition) is 3. The molecule has 0 spiro atoms. The number of nitrogens with zero attached hydrogens (tertiary/aromatic N) is 1. The second kappa shape index (κ2) is 4.26. The number of carbonyl (C=O) groups is 1. The van der Waals surface area contributed by atoms with Crippen LogP contribution in [0.15, 0.2) is 42.7 Å². The lowest BCUT2D eigenvalue weighted by molar-refractivity contribution is 0.0966. The summed E-state index contributed by atoms with van der Waals surface area (Å²) in [4.78, 5) is 16.5. The van der Waals surface area contributed by atoms with Crippen LogP contribution < -0.4 is 5.32 Å². The minimum Gasteiger partial charge on any atom is -0.382 e. The van der Waals surface area contributed by atoms with Crippen molar-refractivity contribution in [3.8, 4) is 0 Å². The molecular formula is C15H14N2O. The van der Waals surface area contributed by atoms with Crippen LogP contribution in [-0.4, -0.2) is 17.3 Å². The van der Waals surface area contributed by atoms with E-state index in [1.807, 2.05) is 37.3 Å². The zero-order valence-electron chi connectivity index (χ0n) is 10.2. The average molecular weight is 238 g/mol. The Morgan fingerprint density at radius 2 is 2.06 bits per heavy atom. The zero-order chi connectivity index (χ0) is 12.5. The molecule has 1 aliphatic heterocycles. The third-order valence-corrected chi connectivity index (χ3v) is 3.38. The summed E-state index contributed by atoms with van der Waals surface area (Å²) in [5, 5.41) is 3.23. The van der Waals surface area contributed by atoms with E-state index in [4.69, 9.17) is 0 Å². The molecule has 2 aromatic rings. The third kappa shape index (κ3) is 1.78. The summed E-state index contributed by atoms with van der Waals surface area (Å²) in [6, 6.07) is 9.67. The number of anilines is 1. The molecule has 0 bridgehead atoms. The minimum atomic E-state index is -0.0919. The average Bonchev–Trinajstić information content (AvgIpc) is 2.82. The van der Waals surface area contributed by atoms with Gasteiger partial charge in [-0.3, -0.25) is 9.78 Å². The van der Waals surface area contributed by atoms with Gasteiger partial charge in [0.1, 0.15) is 0 Å². The number of aryl methyl sites for hydroxylation is 1. The van der Waals surface area contributed by atoms with E-state index in [2.05, 4.69) is 10.3 Å². The van der Waals surface area contributed by atoms with Gasteiger partial charge in [0.05, 0.1) is 17.8 Å². The number of rotatable bonds is 2. The molecule has 0 saturated heterocycles. The zero-order valence-corrected chi connectivity index (χ0v) is 10.2. The molecule has 3 nitrogen and oxygen atoms in total. The van der Waals surface area contributed by atoms with Gasteiger partial charge in [-0.2, -0.15) is 0 Å². The van der Waals surface area contributed by atoms with Crippen LogP contribution in [0.3, 0.4) is 0 Å². The number of pyridine rings is 1. The molecule has 1 N–H and O–H groups in total.